The van der Waals surface area contributed by atoms with E-state index in [1.807, 2.05) is 60.0 Å². The molecule has 10 aliphatic rings. The van der Waals surface area contributed by atoms with Crippen LogP contribution < -0.4 is 29.9 Å². The van der Waals surface area contributed by atoms with Crippen molar-refractivity contribution in [1.82, 2.24) is 30.3 Å². The predicted molar refractivity (Wildman–Crippen MR) is 395 cm³/mol. The van der Waals surface area contributed by atoms with Gasteiger partial charge in [0, 0.05) is 153 Å². The average molecular weight is 1390 g/mol. The molecule has 2 spiro atoms. The standard InChI is InChI=1S/C50H65N5O7.C29H41N3O5.2CH4/c1-9-32-23-33-26-49(46(58)61-8,42-35(16-20-54(27-32)28-33)34-14-11-12-15-38(34)52-42)37-24-36-39(25-40(37)60-7)53(6)44-48(36)18-21-55-19-13-17-47(10-2,43(48)55)45(62-31(5)56)50(44,59)29-51-41(57)22-30(3)4;1-7-27-11-8-13-32-14-12-28(24(27)32)21-10-9-20(36-6)16-22(21)31(5)25(28)29(35,26(27)37-19(4)33)17-30-23(34)15-18(2)3;;/h11-15,17,23-25,30,33,43-45,52,59H,9-10,16,18-22,26-29H2,1-8H3,(H,51,57);8-11,16,18,24-26,35H,7,12-15,17H2,1-6H3,(H,30,34);2*1H4/t33-,43?,44+,45+,47+,48+,49-,50-;24?,25-,26-,27-,28-,29+;;/m01../s1. The number of benzene rings is 3. The second-order valence-corrected chi connectivity index (χ2v) is 31.4. The second-order valence-electron chi connectivity index (χ2n) is 31.4. The van der Waals surface area contributed by atoms with Gasteiger partial charge in [-0.3, -0.25) is 38.7 Å². The average Bonchev–Trinajstić information content (AvgIpc) is 1.51. The SMILES string of the molecule is C.C.CCC1=C[C@@H]2CN(CCc3c([nH]c4ccccc34)[C@@](C(=O)OC)(c3cc4c(cc3OC)N(C)[C@H]3[C@@](O)(CNC(=O)CC(C)C)[C@H](OC(C)=O)[C@]5(CC)C=CCN6CC[C@]43C65)C2)C1.CC[C@]12C=CCN3CC[C@@]4(c5ccc(OC)cc5N(C)[C@H]4[C@@](O)(CNC(=O)CC(C)C)[C@@H]1OC(C)=O)C32. The van der Waals surface area contributed by atoms with Crippen molar-refractivity contribution in [1.29, 1.82) is 0 Å². The van der Waals surface area contributed by atoms with Crippen molar-refractivity contribution in [2.45, 2.75) is 199 Å². The molecule has 5 N–H and O–H groups in total. The van der Waals surface area contributed by atoms with Crippen LogP contribution in [0.25, 0.3) is 10.9 Å². The van der Waals surface area contributed by atoms with E-state index < -0.39 is 74.5 Å². The van der Waals surface area contributed by atoms with Crippen molar-refractivity contribution in [3.05, 3.63) is 118 Å². The van der Waals surface area contributed by atoms with Gasteiger partial charge >= 0.3 is 17.9 Å². The summed E-state index contributed by atoms with van der Waals surface area (Å²) in [5.41, 5.74) is 1.97. The molecule has 2 aliphatic carbocycles. The molecule has 2 saturated heterocycles. The summed E-state index contributed by atoms with van der Waals surface area (Å²) in [5, 5.41) is 34.0. The summed E-state index contributed by atoms with van der Waals surface area (Å²) in [6.45, 7) is 22.9. The molecule has 9 heterocycles. The fourth-order valence-electron chi connectivity index (χ4n) is 22.0. The van der Waals surface area contributed by atoms with Crippen LogP contribution in [0.15, 0.2) is 90.6 Å². The first-order valence-electron chi connectivity index (χ1n) is 36.4. The number of rotatable bonds is 17. The van der Waals surface area contributed by atoms with E-state index >= 15 is 4.79 Å². The van der Waals surface area contributed by atoms with Crippen molar-refractivity contribution in [2.75, 3.05) is 104 Å². The molecule has 101 heavy (non-hydrogen) atoms. The Hall–Kier alpha value is -7.23. The van der Waals surface area contributed by atoms with Gasteiger partial charge in [0.2, 0.25) is 11.8 Å². The highest BCUT2D eigenvalue weighted by atomic mass is 16.6. The van der Waals surface area contributed by atoms with Crippen molar-refractivity contribution in [2.24, 2.45) is 28.6 Å². The zero-order valence-corrected chi connectivity index (χ0v) is 60.7. The minimum absolute atomic E-state index is 0. The zero-order valence-electron chi connectivity index (χ0n) is 60.7. The first-order chi connectivity index (χ1) is 47.3. The van der Waals surface area contributed by atoms with E-state index in [-0.39, 0.29) is 75.6 Å². The third-order valence-corrected chi connectivity index (χ3v) is 25.2. The van der Waals surface area contributed by atoms with Gasteiger partial charge in [-0.05, 0) is 111 Å². The molecule has 2 saturated carbocycles. The first kappa shape index (κ1) is 74.9. The molecule has 14 rings (SSSR count). The fourth-order valence-corrected chi connectivity index (χ4v) is 22.0. The number of esters is 3. The third-order valence-electron chi connectivity index (χ3n) is 25.2. The number of likely N-dealkylation sites (N-methyl/N-ethyl adjacent to an activating group) is 2. The number of aromatic nitrogens is 1. The molecular formula is C81H114N8O12. The number of carbonyl (C=O) groups excluding carboxylic acids is 5. The lowest BCUT2D eigenvalue weighted by Crippen LogP contribution is -2.81. The number of hydrogen-bond donors (Lipinski definition) is 5. The third kappa shape index (κ3) is 11.2. The molecule has 3 aromatic carbocycles. The highest BCUT2D eigenvalue weighted by molar-refractivity contribution is 5.94. The summed E-state index contributed by atoms with van der Waals surface area (Å²) in [4.78, 5) is 83.2. The molecular weight excluding hydrogens is 1280 g/mol. The molecule has 2 bridgehead atoms. The maximum atomic E-state index is 15.4. The number of hydrogen-bond acceptors (Lipinski definition) is 17. The van der Waals surface area contributed by atoms with Crippen LogP contribution in [0.2, 0.25) is 0 Å². The summed E-state index contributed by atoms with van der Waals surface area (Å²) in [7, 11) is 8.82. The summed E-state index contributed by atoms with van der Waals surface area (Å²) < 4.78 is 30.6. The van der Waals surface area contributed by atoms with Gasteiger partial charge in [0.15, 0.2) is 0 Å². The maximum absolute atomic E-state index is 15.4. The number of aromatic amines is 1. The van der Waals surface area contributed by atoms with E-state index in [1.54, 1.807) is 14.2 Å². The van der Waals surface area contributed by atoms with E-state index in [4.69, 9.17) is 23.7 Å². The number of amides is 2. The number of anilines is 2. The Balaban J connectivity index is 0.000000225. The van der Waals surface area contributed by atoms with Crippen molar-refractivity contribution >= 4 is 52.0 Å². The Bertz CT molecular complexity index is 3940. The van der Waals surface area contributed by atoms with Gasteiger partial charge in [-0.25, -0.2) is 0 Å². The Morgan fingerprint density at radius 2 is 1.22 bits per heavy atom. The van der Waals surface area contributed by atoms with Crippen LogP contribution in [0.5, 0.6) is 11.5 Å². The number of methoxy groups -OCH3 is 3. The van der Waals surface area contributed by atoms with Gasteiger partial charge in [-0.1, -0.05) is 124 Å². The van der Waals surface area contributed by atoms with Gasteiger partial charge < -0.3 is 59.3 Å². The number of H-pyrrole nitrogens is 1. The van der Waals surface area contributed by atoms with Gasteiger partial charge in [0.05, 0.1) is 46.5 Å². The van der Waals surface area contributed by atoms with E-state index in [9.17, 15) is 29.4 Å². The summed E-state index contributed by atoms with van der Waals surface area (Å²) >= 11 is 0. The van der Waals surface area contributed by atoms with Crippen LogP contribution in [0.1, 0.15) is 156 Å². The van der Waals surface area contributed by atoms with Crippen LogP contribution in [0, 0.1) is 28.6 Å². The minimum Gasteiger partial charge on any atom is -0.497 e. The minimum atomic E-state index is -1.74. The van der Waals surface area contributed by atoms with Gasteiger partial charge in [-0.2, -0.15) is 0 Å². The van der Waals surface area contributed by atoms with Crippen molar-refractivity contribution < 1.29 is 57.9 Å². The zero-order chi connectivity index (χ0) is 70.7. The molecule has 20 nitrogen and oxygen atoms in total. The van der Waals surface area contributed by atoms with Gasteiger partial charge in [0.25, 0.3) is 0 Å². The molecule has 0 radical (unpaired) electrons. The van der Waals surface area contributed by atoms with E-state index in [2.05, 4.69) is 128 Å². The molecule has 550 valence electrons. The van der Waals surface area contributed by atoms with E-state index in [0.717, 1.165) is 109 Å². The van der Waals surface area contributed by atoms with Crippen LogP contribution in [-0.4, -0.2) is 202 Å². The molecule has 4 aromatic rings. The number of nitrogens with one attached hydrogen (secondary N) is 3. The summed E-state index contributed by atoms with van der Waals surface area (Å²) in [6.07, 6.45) is 14.9. The molecule has 3 unspecified atom stereocenters. The van der Waals surface area contributed by atoms with Gasteiger partial charge in [0.1, 0.15) is 40.3 Å². The molecule has 8 aliphatic heterocycles. The Morgan fingerprint density at radius 1 is 0.673 bits per heavy atom. The lowest BCUT2D eigenvalue weighted by atomic mass is 9.47. The quantitative estimate of drug-likeness (QED) is 0.0376. The number of para-hydroxylation sites is 1. The van der Waals surface area contributed by atoms with Crippen LogP contribution in [-0.2, 0) is 60.8 Å². The highest BCUT2D eigenvalue weighted by Gasteiger charge is 2.80. The molecule has 20 heteroatoms. The second kappa shape index (κ2) is 27.8. The van der Waals surface area contributed by atoms with Gasteiger partial charge in [-0.15, -0.1) is 0 Å². The highest BCUT2D eigenvalue weighted by Crippen LogP contribution is 2.70. The summed E-state index contributed by atoms with van der Waals surface area (Å²) in [6, 6.07) is 17.6. The Kier molecular flexibility index (Phi) is 20.6. The number of carbonyl (C=O) groups is 5. The smallest absolute Gasteiger partial charge is 0.322 e. The lowest BCUT2D eigenvalue weighted by Gasteiger charge is -2.64. The number of aliphatic hydroxyl groups is 2. The maximum Gasteiger partial charge on any atom is 0.322 e. The molecule has 15 atom stereocenters. The topological polar surface area (TPSA) is 228 Å². The lowest BCUT2D eigenvalue weighted by molar-refractivity contribution is -0.217. The van der Waals surface area contributed by atoms with Crippen LogP contribution >= 0.6 is 0 Å². The normalized spacial score (nSPS) is 33.5. The van der Waals surface area contributed by atoms with Crippen LogP contribution in [0.4, 0.5) is 11.4 Å². The molecule has 4 fully saturated rings. The largest absolute Gasteiger partial charge is 0.497 e. The van der Waals surface area contributed by atoms with Crippen molar-refractivity contribution in [3.8, 4) is 11.5 Å². The fraction of sp³-hybridized carbons (Fsp3) is 0.617. The van der Waals surface area contributed by atoms with E-state index in [1.165, 1.54) is 32.1 Å². The van der Waals surface area contributed by atoms with E-state index in [0.29, 0.717) is 50.8 Å². The molecule has 1 aromatic heterocycles. The number of nitrogens with zero attached hydrogens (tertiary/aromatic N) is 5. The molecule has 2 amide bonds. The first-order valence-corrected chi connectivity index (χ1v) is 36.4. The van der Waals surface area contributed by atoms with Crippen molar-refractivity contribution in [3.63, 3.8) is 0 Å². The monoisotopic (exact) mass is 1390 g/mol. The number of ether oxygens (including phenoxy) is 5. The van der Waals surface area contributed by atoms with Crippen LogP contribution in [0.3, 0.4) is 0 Å². The summed E-state index contributed by atoms with van der Waals surface area (Å²) in [5.74, 6) is 0.116. The number of fused-ring (bicyclic) bond motifs is 7. The predicted octanol–water partition coefficient (Wildman–Crippen LogP) is 9.69. The Labute approximate surface area is 598 Å². The Morgan fingerprint density at radius 3 is 1.72 bits per heavy atom.